The van der Waals surface area contributed by atoms with Crippen molar-refractivity contribution < 1.29 is 5.11 Å². The van der Waals surface area contributed by atoms with E-state index in [1.807, 2.05) is 12.1 Å². The zero-order chi connectivity index (χ0) is 15.3. The van der Waals surface area contributed by atoms with Crippen LogP contribution in [0, 0.1) is 23.2 Å². The van der Waals surface area contributed by atoms with Crippen LogP contribution in [-0.4, -0.2) is 18.2 Å². The van der Waals surface area contributed by atoms with Crippen LogP contribution in [-0.2, 0) is 0 Å². The second-order valence-electron chi connectivity index (χ2n) is 6.25. The van der Waals surface area contributed by atoms with Crippen LogP contribution in [0.15, 0.2) is 18.2 Å². The van der Waals surface area contributed by atoms with Gasteiger partial charge in [0.2, 0.25) is 0 Å². The average molecular weight is 274 g/mol. The highest BCUT2D eigenvalue weighted by molar-refractivity contribution is 5.58. The van der Waals surface area contributed by atoms with E-state index in [1.165, 1.54) is 0 Å². The molecule has 20 heavy (non-hydrogen) atoms. The lowest BCUT2D eigenvalue weighted by Gasteiger charge is -2.31. The molecule has 1 atom stereocenters. The van der Waals surface area contributed by atoms with Gasteiger partial charge in [0.25, 0.3) is 0 Å². The molecule has 0 saturated heterocycles. The largest absolute Gasteiger partial charge is 0.389 e. The third-order valence-corrected chi connectivity index (χ3v) is 3.12. The molecule has 0 radical (unpaired) electrons. The summed E-state index contributed by atoms with van der Waals surface area (Å²) in [6.07, 6.45) is -0.528. The predicted octanol–water partition coefficient (Wildman–Crippen LogP) is 3.73. The Morgan fingerprint density at radius 1 is 1.10 bits per heavy atom. The molecule has 0 aromatic heterocycles. The summed E-state index contributed by atoms with van der Waals surface area (Å²) in [6.45, 7) is 12.4. The Labute approximate surface area is 122 Å². The SMILES string of the molecule is CC(C)CN(CC(C)C)c1cc(C#N)ccc1[C@@H](C)O. The zero-order valence-electron chi connectivity index (χ0n) is 13.2. The van der Waals surface area contributed by atoms with Crippen LogP contribution < -0.4 is 4.90 Å². The van der Waals surface area contributed by atoms with Crippen molar-refractivity contribution >= 4 is 5.69 Å². The van der Waals surface area contributed by atoms with E-state index in [0.717, 1.165) is 24.3 Å². The Morgan fingerprint density at radius 2 is 1.65 bits per heavy atom. The fourth-order valence-corrected chi connectivity index (χ4v) is 2.39. The number of aliphatic hydroxyl groups is 1. The molecule has 0 saturated carbocycles. The van der Waals surface area contributed by atoms with Crippen molar-refractivity contribution in [3.63, 3.8) is 0 Å². The van der Waals surface area contributed by atoms with Gasteiger partial charge < -0.3 is 10.0 Å². The molecule has 110 valence electrons. The van der Waals surface area contributed by atoms with Crippen molar-refractivity contribution in [3.05, 3.63) is 29.3 Å². The van der Waals surface area contributed by atoms with Gasteiger partial charge in [-0.1, -0.05) is 33.8 Å². The van der Waals surface area contributed by atoms with Crippen LogP contribution in [0.2, 0.25) is 0 Å². The lowest BCUT2D eigenvalue weighted by molar-refractivity contribution is 0.199. The zero-order valence-corrected chi connectivity index (χ0v) is 13.2. The first kappa shape index (κ1) is 16.5. The van der Waals surface area contributed by atoms with Gasteiger partial charge in [0.15, 0.2) is 0 Å². The van der Waals surface area contributed by atoms with E-state index in [1.54, 1.807) is 13.0 Å². The summed E-state index contributed by atoms with van der Waals surface area (Å²) in [5.74, 6) is 1.06. The van der Waals surface area contributed by atoms with E-state index in [2.05, 4.69) is 38.7 Å². The Bertz CT molecular complexity index is 462. The molecule has 3 nitrogen and oxygen atoms in total. The maximum absolute atomic E-state index is 9.98. The van der Waals surface area contributed by atoms with Crippen molar-refractivity contribution in [2.45, 2.75) is 40.7 Å². The normalized spacial score (nSPS) is 12.6. The van der Waals surface area contributed by atoms with Gasteiger partial charge in [0.1, 0.15) is 0 Å². The summed E-state index contributed by atoms with van der Waals surface area (Å²) in [6, 6.07) is 7.72. The monoisotopic (exact) mass is 274 g/mol. The molecule has 0 aliphatic rings. The van der Waals surface area contributed by atoms with Gasteiger partial charge in [-0.25, -0.2) is 0 Å². The first-order valence-corrected chi connectivity index (χ1v) is 7.32. The van der Waals surface area contributed by atoms with E-state index >= 15 is 0 Å². The lowest BCUT2D eigenvalue weighted by Crippen LogP contribution is -2.32. The lowest BCUT2D eigenvalue weighted by atomic mass is 10.0. The third kappa shape index (κ3) is 4.54. The Kier molecular flexibility index (Phi) is 6.04. The maximum Gasteiger partial charge on any atom is 0.0992 e. The van der Waals surface area contributed by atoms with Crippen LogP contribution in [0.1, 0.15) is 51.8 Å². The van der Waals surface area contributed by atoms with Crippen molar-refractivity contribution in [3.8, 4) is 6.07 Å². The number of nitriles is 1. The summed E-state index contributed by atoms with van der Waals surface area (Å²) in [4.78, 5) is 2.29. The van der Waals surface area contributed by atoms with E-state index < -0.39 is 6.10 Å². The number of aliphatic hydroxyl groups excluding tert-OH is 1. The Balaban J connectivity index is 3.24. The third-order valence-electron chi connectivity index (χ3n) is 3.12. The molecule has 0 heterocycles. The molecule has 1 aromatic rings. The fourth-order valence-electron chi connectivity index (χ4n) is 2.39. The molecule has 0 aliphatic heterocycles. The molecule has 1 N–H and O–H groups in total. The van der Waals surface area contributed by atoms with Gasteiger partial charge in [-0.3, -0.25) is 0 Å². The van der Waals surface area contributed by atoms with E-state index in [-0.39, 0.29) is 0 Å². The highest BCUT2D eigenvalue weighted by Crippen LogP contribution is 2.29. The number of benzene rings is 1. The molecular weight excluding hydrogens is 248 g/mol. The minimum Gasteiger partial charge on any atom is -0.389 e. The first-order valence-electron chi connectivity index (χ1n) is 7.32. The summed E-state index contributed by atoms with van der Waals surface area (Å²) < 4.78 is 0. The van der Waals surface area contributed by atoms with Crippen LogP contribution >= 0.6 is 0 Å². The van der Waals surface area contributed by atoms with Gasteiger partial charge in [-0.2, -0.15) is 5.26 Å². The Morgan fingerprint density at radius 3 is 2.05 bits per heavy atom. The maximum atomic E-state index is 9.98. The predicted molar refractivity (Wildman–Crippen MR) is 83.7 cm³/mol. The number of hydrogen-bond acceptors (Lipinski definition) is 3. The Hall–Kier alpha value is -1.53. The summed E-state index contributed by atoms with van der Waals surface area (Å²) in [7, 11) is 0. The highest BCUT2D eigenvalue weighted by Gasteiger charge is 2.17. The van der Waals surface area contributed by atoms with E-state index in [4.69, 9.17) is 5.26 Å². The van der Waals surface area contributed by atoms with Crippen molar-refractivity contribution in [2.75, 3.05) is 18.0 Å². The average Bonchev–Trinajstić information content (AvgIpc) is 2.36. The molecule has 0 bridgehead atoms. The van der Waals surface area contributed by atoms with Crippen LogP contribution in [0.5, 0.6) is 0 Å². The second kappa shape index (κ2) is 7.31. The molecule has 0 amide bonds. The van der Waals surface area contributed by atoms with E-state index in [0.29, 0.717) is 17.4 Å². The summed E-state index contributed by atoms with van der Waals surface area (Å²) in [5, 5.41) is 19.1. The van der Waals surface area contributed by atoms with E-state index in [9.17, 15) is 5.11 Å². The van der Waals surface area contributed by atoms with Crippen LogP contribution in [0.25, 0.3) is 0 Å². The topological polar surface area (TPSA) is 47.3 Å². The molecule has 1 aromatic carbocycles. The van der Waals surface area contributed by atoms with Crippen LogP contribution in [0.4, 0.5) is 5.69 Å². The van der Waals surface area contributed by atoms with Crippen LogP contribution in [0.3, 0.4) is 0 Å². The standard InChI is InChI=1S/C17H26N2O/c1-12(2)10-19(11-13(3)4)17-8-15(9-18)6-7-16(17)14(5)20/h6-8,12-14,20H,10-11H2,1-5H3/t14-/m1/s1. The van der Waals surface area contributed by atoms with Gasteiger partial charge in [-0.05, 0) is 30.9 Å². The van der Waals surface area contributed by atoms with Crippen molar-refractivity contribution in [1.29, 1.82) is 5.26 Å². The highest BCUT2D eigenvalue weighted by atomic mass is 16.3. The smallest absolute Gasteiger partial charge is 0.0992 e. The minimum atomic E-state index is -0.528. The van der Waals surface area contributed by atoms with Gasteiger partial charge in [0.05, 0.1) is 17.7 Å². The fraction of sp³-hybridized carbons (Fsp3) is 0.588. The number of hydrogen-bond donors (Lipinski definition) is 1. The molecule has 0 spiro atoms. The van der Waals surface area contributed by atoms with Crippen molar-refractivity contribution in [2.24, 2.45) is 11.8 Å². The summed E-state index contributed by atoms with van der Waals surface area (Å²) >= 11 is 0. The molecule has 0 unspecified atom stereocenters. The molecule has 3 heteroatoms. The molecule has 0 aliphatic carbocycles. The number of anilines is 1. The van der Waals surface area contributed by atoms with Gasteiger partial charge in [-0.15, -0.1) is 0 Å². The number of nitrogens with zero attached hydrogens (tertiary/aromatic N) is 2. The minimum absolute atomic E-state index is 0.528. The number of rotatable bonds is 6. The quantitative estimate of drug-likeness (QED) is 0.859. The molecular formula is C17H26N2O. The van der Waals surface area contributed by atoms with Gasteiger partial charge in [0, 0.05) is 24.3 Å². The van der Waals surface area contributed by atoms with Crippen molar-refractivity contribution in [1.82, 2.24) is 0 Å². The van der Waals surface area contributed by atoms with Gasteiger partial charge >= 0.3 is 0 Å². The summed E-state index contributed by atoms with van der Waals surface area (Å²) in [5.41, 5.74) is 2.52. The second-order valence-corrected chi connectivity index (χ2v) is 6.25. The molecule has 1 rings (SSSR count). The first-order chi connectivity index (χ1) is 9.35. The molecule has 0 fully saturated rings.